The van der Waals surface area contributed by atoms with Gasteiger partial charge in [0.2, 0.25) is 11.8 Å². The zero-order valence-electron chi connectivity index (χ0n) is 8.88. The first-order valence-electron chi connectivity index (χ1n) is 5.02. The SMILES string of the molecule is CC1NCC(=O)N(Cc2ncccn2)C1=O. The minimum absolute atomic E-state index is 0.143. The van der Waals surface area contributed by atoms with Gasteiger partial charge in [-0.05, 0) is 13.0 Å². The highest BCUT2D eigenvalue weighted by molar-refractivity contribution is 6.00. The van der Waals surface area contributed by atoms with Gasteiger partial charge in [-0.3, -0.25) is 19.8 Å². The van der Waals surface area contributed by atoms with E-state index in [9.17, 15) is 9.59 Å². The van der Waals surface area contributed by atoms with Crippen molar-refractivity contribution in [2.75, 3.05) is 6.54 Å². The summed E-state index contributed by atoms with van der Waals surface area (Å²) in [5.41, 5.74) is 0. The third kappa shape index (κ3) is 2.06. The van der Waals surface area contributed by atoms with Gasteiger partial charge in [0, 0.05) is 12.4 Å². The lowest BCUT2D eigenvalue weighted by atomic mass is 10.2. The van der Waals surface area contributed by atoms with E-state index in [1.54, 1.807) is 25.4 Å². The van der Waals surface area contributed by atoms with E-state index in [2.05, 4.69) is 15.3 Å². The molecule has 1 fully saturated rings. The number of carbonyl (C=O) groups excluding carboxylic acids is 2. The van der Waals surface area contributed by atoms with E-state index < -0.39 is 0 Å². The molecule has 1 aliphatic heterocycles. The number of carbonyl (C=O) groups is 2. The van der Waals surface area contributed by atoms with Gasteiger partial charge in [0.25, 0.3) is 0 Å². The monoisotopic (exact) mass is 220 g/mol. The molecule has 0 spiro atoms. The zero-order chi connectivity index (χ0) is 11.5. The third-order valence-electron chi connectivity index (χ3n) is 2.42. The fraction of sp³-hybridized carbons (Fsp3) is 0.400. The molecule has 0 saturated carbocycles. The normalized spacial score (nSPS) is 21.3. The van der Waals surface area contributed by atoms with Crippen molar-refractivity contribution in [2.45, 2.75) is 19.5 Å². The number of piperazine rings is 1. The Bertz CT molecular complexity index is 407. The van der Waals surface area contributed by atoms with Crippen molar-refractivity contribution in [3.8, 4) is 0 Å². The molecule has 6 nitrogen and oxygen atoms in total. The maximum Gasteiger partial charge on any atom is 0.246 e. The van der Waals surface area contributed by atoms with E-state index in [1.165, 1.54) is 4.90 Å². The summed E-state index contributed by atoms with van der Waals surface area (Å²) in [6.45, 7) is 2.05. The minimum atomic E-state index is -0.332. The van der Waals surface area contributed by atoms with Crippen LogP contribution in [-0.2, 0) is 16.1 Å². The van der Waals surface area contributed by atoms with Crippen molar-refractivity contribution in [1.29, 1.82) is 0 Å². The molecule has 1 atom stereocenters. The first kappa shape index (κ1) is 10.7. The zero-order valence-corrected chi connectivity index (χ0v) is 8.88. The predicted molar refractivity (Wildman–Crippen MR) is 55.1 cm³/mol. The highest BCUT2D eigenvalue weighted by atomic mass is 16.2. The van der Waals surface area contributed by atoms with Gasteiger partial charge in [0.05, 0.1) is 19.1 Å². The molecule has 0 aliphatic carbocycles. The average Bonchev–Trinajstić information content (AvgIpc) is 2.31. The number of amides is 2. The maximum absolute atomic E-state index is 11.7. The number of hydrogen-bond acceptors (Lipinski definition) is 5. The summed E-state index contributed by atoms with van der Waals surface area (Å²) in [5.74, 6) is -0.00226. The molecule has 0 aromatic carbocycles. The van der Waals surface area contributed by atoms with E-state index in [4.69, 9.17) is 0 Å². The van der Waals surface area contributed by atoms with Crippen LogP contribution in [0.25, 0.3) is 0 Å². The van der Waals surface area contributed by atoms with Gasteiger partial charge in [0.15, 0.2) is 0 Å². The first-order chi connectivity index (χ1) is 7.68. The Balaban J connectivity index is 2.13. The number of nitrogens with one attached hydrogen (secondary N) is 1. The van der Waals surface area contributed by atoms with Gasteiger partial charge in [-0.25, -0.2) is 9.97 Å². The highest BCUT2D eigenvalue weighted by Crippen LogP contribution is 2.06. The lowest BCUT2D eigenvalue weighted by Gasteiger charge is -2.29. The van der Waals surface area contributed by atoms with Gasteiger partial charge in [-0.15, -0.1) is 0 Å². The van der Waals surface area contributed by atoms with Gasteiger partial charge >= 0.3 is 0 Å². The molecular weight excluding hydrogens is 208 g/mol. The van der Waals surface area contributed by atoms with Gasteiger partial charge in [-0.1, -0.05) is 0 Å². The molecule has 1 N–H and O–H groups in total. The molecule has 2 amide bonds. The van der Waals surface area contributed by atoms with Crippen LogP contribution in [0.4, 0.5) is 0 Å². The Hall–Kier alpha value is -1.82. The molecule has 2 heterocycles. The fourth-order valence-electron chi connectivity index (χ4n) is 1.50. The van der Waals surface area contributed by atoms with Gasteiger partial charge < -0.3 is 0 Å². The molecule has 16 heavy (non-hydrogen) atoms. The average molecular weight is 220 g/mol. The van der Waals surface area contributed by atoms with Crippen LogP contribution in [0.5, 0.6) is 0 Å². The quantitative estimate of drug-likeness (QED) is 0.668. The number of imide groups is 1. The van der Waals surface area contributed by atoms with Crippen molar-refractivity contribution < 1.29 is 9.59 Å². The number of hydrogen-bond donors (Lipinski definition) is 1. The molecule has 0 radical (unpaired) electrons. The maximum atomic E-state index is 11.7. The van der Waals surface area contributed by atoms with Crippen molar-refractivity contribution in [2.24, 2.45) is 0 Å². The second kappa shape index (κ2) is 4.36. The van der Waals surface area contributed by atoms with Crippen LogP contribution in [0, 0.1) is 0 Å². The summed E-state index contributed by atoms with van der Waals surface area (Å²) in [4.78, 5) is 32.4. The van der Waals surface area contributed by atoms with E-state index in [0.717, 1.165) is 0 Å². The Kier molecular flexibility index (Phi) is 2.91. The molecule has 2 rings (SSSR count). The third-order valence-corrected chi connectivity index (χ3v) is 2.42. The standard InChI is InChI=1S/C10H12N4O2/c1-7-10(16)14(9(15)5-13-7)6-8-11-3-2-4-12-8/h2-4,7,13H,5-6H2,1H3. The van der Waals surface area contributed by atoms with Crippen LogP contribution in [0.1, 0.15) is 12.7 Å². The Morgan fingerprint density at radius 1 is 1.44 bits per heavy atom. The molecule has 1 unspecified atom stereocenters. The smallest absolute Gasteiger partial charge is 0.246 e. The topological polar surface area (TPSA) is 75.2 Å². The van der Waals surface area contributed by atoms with E-state index in [0.29, 0.717) is 5.82 Å². The van der Waals surface area contributed by atoms with Crippen LogP contribution in [-0.4, -0.2) is 39.3 Å². The summed E-state index contributed by atoms with van der Waals surface area (Å²) < 4.78 is 0. The minimum Gasteiger partial charge on any atom is -0.298 e. The van der Waals surface area contributed by atoms with Gasteiger partial charge in [0.1, 0.15) is 5.82 Å². The molecule has 1 aromatic heterocycles. The van der Waals surface area contributed by atoms with Crippen molar-refractivity contribution in [3.63, 3.8) is 0 Å². The Morgan fingerprint density at radius 2 is 2.12 bits per heavy atom. The largest absolute Gasteiger partial charge is 0.298 e. The van der Waals surface area contributed by atoms with Crippen molar-refractivity contribution in [1.82, 2.24) is 20.2 Å². The highest BCUT2D eigenvalue weighted by Gasteiger charge is 2.31. The lowest BCUT2D eigenvalue weighted by Crippen LogP contribution is -2.56. The molecule has 1 saturated heterocycles. The van der Waals surface area contributed by atoms with Crippen LogP contribution < -0.4 is 5.32 Å². The molecule has 6 heteroatoms. The van der Waals surface area contributed by atoms with Crippen molar-refractivity contribution >= 4 is 11.8 Å². The van der Waals surface area contributed by atoms with E-state index >= 15 is 0 Å². The summed E-state index contributed by atoms with van der Waals surface area (Å²) in [7, 11) is 0. The Labute approximate surface area is 92.7 Å². The summed E-state index contributed by atoms with van der Waals surface area (Å²) >= 11 is 0. The number of rotatable bonds is 2. The number of nitrogens with zero attached hydrogens (tertiary/aromatic N) is 3. The molecular formula is C10H12N4O2. The molecule has 84 valence electrons. The summed E-state index contributed by atoms with van der Waals surface area (Å²) in [6.07, 6.45) is 3.17. The summed E-state index contributed by atoms with van der Waals surface area (Å²) in [5, 5.41) is 2.82. The molecule has 1 aromatic rings. The van der Waals surface area contributed by atoms with Crippen LogP contribution >= 0.6 is 0 Å². The van der Waals surface area contributed by atoms with Crippen LogP contribution in [0.15, 0.2) is 18.5 Å². The van der Waals surface area contributed by atoms with Crippen LogP contribution in [0.2, 0.25) is 0 Å². The van der Waals surface area contributed by atoms with Crippen molar-refractivity contribution in [3.05, 3.63) is 24.3 Å². The second-order valence-corrected chi connectivity index (χ2v) is 3.59. The molecule has 0 bridgehead atoms. The van der Waals surface area contributed by atoms with Crippen LogP contribution in [0.3, 0.4) is 0 Å². The second-order valence-electron chi connectivity index (χ2n) is 3.59. The van der Waals surface area contributed by atoms with Gasteiger partial charge in [-0.2, -0.15) is 0 Å². The lowest BCUT2D eigenvalue weighted by molar-refractivity contribution is -0.149. The summed E-state index contributed by atoms with van der Waals surface area (Å²) in [6, 6.07) is 1.36. The Morgan fingerprint density at radius 3 is 2.81 bits per heavy atom. The fourth-order valence-corrected chi connectivity index (χ4v) is 1.50. The number of aromatic nitrogens is 2. The van der Waals surface area contributed by atoms with E-state index in [1.807, 2.05) is 0 Å². The predicted octanol–water partition coefficient (Wildman–Crippen LogP) is -0.677. The first-order valence-corrected chi connectivity index (χ1v) is 5.02. The van der Waals surface area contributed by atoms with E-state index in [-0.39, 0.29) is 30.9 Å². The molecule has 1 aliphatic rings.